The van der Waals surface area contributed by atoms with Crippen LogP contribution in [-0.4, -0.2) is 41.9 Å². The standard InChI is InChI=1S/C21H28N4O3/c1-21(2,3)18-13-17(24(4)23-18)19(26)22-15-12-14(20(27)28-5)8-9-16(15)25-10-6-7-11-25/h8-9,12-13H,6-7,10-11H2,1-5H3,(H,22,26). The van der Waals surface area contributed by atoms with Crippen molar-refractivity contribution in [3.8, 4) is 0 Å². The zero-order valence-corrected chi connectivity index (χ0v) is 17.2. The third kappa shape index (κ3) is 4.03. The molecule has 0 atom stereocenters. The van der Waals surface area contributed by atoms with E-state index < -0.39 is 5.97 Å². The topological polar surface area (TPSA) is 76.5 Å². The Bertz CT molecular complexity index is 890. The first-order valence-electron chi connectivity index (χ1n) is 9.54. The molecule has 1 aromatic heterocycles. The van der Waals surface area contributed by atoms with Gasteiger partial charge in [-0.1, -0.05) is 20.8 Å². The number of carbonyl (C=O) groups excluding carboxylic acids is 2. The van der Waals surface area contributed by atoms with Crippen molar-refractivity contribution in [2.45, 2.75) is 39.0 Å². The number of anilines is 2. The Labute approximate surface area is 165 Å². The smallest absolute Gasteiger partial charge is 0.337 e. The highest BCUT2D eigenvalue weighted by atomic mass is 16.5. The second-order valence-corrected chi connectivity index (χ2v) is 8.16. The molecular weight excluding hydrogens is 356 g/mol. The van der Waals surface area contributed by atoms with Gasteiger partial charge in [-0.15, -0.1) is 0 Å². The summed E-state index contributed by atoms with van der Waals surface area (Å²) in [6.45, 7) is 8.04. The molecule has 1 fully saturated rings. The molecule has 1 aliphatic heterocycles. The molecule has 0 spiro atoms. The van der Waals surface area contributed by atoms with Crippen LogP contribution < -0.4 is 10.2 Å². The van der Waals surface area contributed by atoms with Gasteiger partial charge in [-0.3, -0.25) is 9.48 Å². The van der Waals surface area contributed by atoms with Crippen molar-refractivity contribution in [2.75, 3.05) is 30.4 Å². The van der Waals surface area contributed by atoms with Crippen molar-refractivity contribution < 1.29 is 14.3 Å². The van der Waals surface area contributed by atoms with Gasteiger partial charge in [0.25, 0.3) is 5.91 Å². The molecule has 7 heteroatoms. The van der Waals surface area contributed by atoms with Crippen molar-refractivity contribution in [2.24, 2.45) is 7.05 Å². The predicted octanol–water partition coefficient (Wildman–Crippen LogP) is 3.36. The van der Waals surface area contributed by atoms with Crippen molar-refractivity contribution in [1.29, 1.82) is 0 Å². The van der Waals surface area contributed by atoms with Crippen molar-refractivity contribution in [3.05, 3.63) is 41.2 Å². The van der Waals surface area contributed by atoms with Gasteiger partial charge in [-0.05, 0) is 37.1 Å². The Morgan fingerprint density at radius 1 is 1.14 bits per heavy atom. The lowest BCUT2D eigenvalue weighted by Gasteiger charge is -2.22. The maximum Gasteiger partial charge on any atom is 0.337 e. The molecule has 0 radical (unpaired) electrons. The van der Waals surface area contributed by atoms with Gasteiger partial charge in [0.2, 0.25) is 0 Å². The van der Waals surface area contributed by atoms with Crippen LogP contribution in [0.3, 0.4) is 0 Å². The monoisotopic (exact) mass is 384 g/mol. The summed E-state index contributed by atoms with van der Waals surface area (Å²) in [5.41, 5.74) is 3.09. The molecule has 0 saturated carbocycles. The quantitative estimate of drug-likeness (QED) is 0.818. The molecule has 1 aromatic carbocycles. The Balaban J connectivity index is 1.94. The van der Waals surface area contributed by atoms with Gasteiger partial charge in [-0.25, -0.2) is 4.79 Å². The maximum atomic E-state index is 13.0. The normalized spacial score (nSPS) is 14.2. The number of hydrogen-bond acceptors (Lipinski definition) is 5. The molecule has 0 bridgehead atoms. The summed E-state index contributed by atoms with van der Waals surface area (Å²) in [5.74, 6) is -0.688. The summed E-state index contributed by atoms with van der Waals surface area (Å²) in [7, 11) is 3.11. The molecule has 1 aliphatic rings. The van der Waals surface area contributed by atoms with E-state index >= 15 is 0 Å². The number of benzene rings is 1. The largest absolute Gasteiger partial charge is 0.465 e. The van der Waals surface area contributed by atoms with Gasteiger partial charge in [0.1, 0.15) is 5.69 Å². The number of ether oxygens (including phenoxy) is 1. The number of carbonyl (C=O) groups is 2. The minimum atomic E-state index is -0.431. The maximum absolute atomic E-state index is 13.0. The molecule has 3 rings (SSSR count). The van der Waals surface area contributed by atoms with E-state index in [1.165, 1.54) is 7.11 Å². The molecule has 7 nitrogen and oxygen atoms in total. The number of aryl methyl sites for hydroxylation is 1. The van der Waals surface area contributed by atoms with Crippen LogP contribution in [0.1, 0.15) is 60.2 Å². The third-order valence-electron chi connectivity index (χ3n) is 4.99. The summed E-state index contributed by atoms with van der Waals surface area (Å²) < 4.78 is 6.42. The summed E-state index contributed by atoms with van der Waals surface area (Å²) in [4.78, 5) is 27.2. The van der Waals surface area contributed by atoms with Crippen LogP contribution in [0.25, 0.3) is 0 Å². The number of amides is 1. The van der Waals surface area contributed by atoms with Crippen molar-refractivity contribution in [1.82, 2.24) is 9.78 Å². The molecule has 0 aliphatic carbocycles. The van der Waals surface area contributed by atoms with Gasteiger partial charge >= 0.3 is 5.97 Å². The third-order valence-corrected chi connectivity index (χ3v) is 4.99. The van der Waals surface area contributed by atoms with Crippen LogP contribution in [0.5, 0.6) is 0 Å². The molecule has 1 saturated heterocycles. The number of esters is 1. The van der Waals surface area contributed by atoms with E-state index in [0.717, 1.165) is 37.3 Å². The minimum Gasteiger partial charge on any atom is -0.465 e. The average Bonchev–Trinajstić information content (AvgIpc) is 3.30. The summed E-state index contributed by atoms with van der Waals surface area (Å²) in [6, 6.07) is 7.10. The molecule has 0 unspecified atom stereocenters. The Kier molecular flexibility index (Phi) is 5.45. The number of hydrogen-bond donors (Lipinski definition) is 1. The molecule has 1 N–H and O–H groups in total. The molecule has 28 heavy (non-hydrogen) atoms. The number of nitrogens with zero attached hydrogens (tertiary/aromatic N) is 3. The molecular formula is C21H28N4O3. The second kappa shape index (κ2) is 7.66. The highest BCUT2D eigenvalue weighted by Crippen LogP contribution is 2.31. The van der Waals surface area contributed by atoms with E-state index in [4.69, 9.17) is 4.74 Å². The van der Waals surface area contributed by atoms with E-state index in [1.807, 2.05) is 12.1 Å². The molecule has 1 amide bonds. The zero-order chi connectivity index (χ0) is 20.5. The molecule has 2 heterocycles. The highest BCUT2D eigenvalue weighted by Gasteiger charge is 2.24. The first-order valence-corrected chi connectivity index (χ1v) is 9.54. The highest BCUT2D eigenvalue weighted by molar-refractivity contribution is 6.06. The number of nitrogens with one attached hydrogen (secondary N) is 1. The average molecular weight is 384 g/mol. The van der Waals surface area contributed by atoms with Crippen LogP contribution in [-0.2, 0) is 17.2 Å². The Hall–Kier alpha value is -2.83. The first-order chi connectivity index (χ1) is 13.2. The van der Waals surface area contributed by atoms with Gasteiger partial charge in [0.05, 0.1) is 29.7 Å². The Morgan fingerprint density at radius 2 is 1.82 bits per heavy atom. The summed E-state index contributed by atoms with van der Waals surface area (Å²) >= 11 is 0. The van der Waals surface area contributed by atoms with Gasteiger partial charge in [0.15, 0.2) is 0 Å². The van der Waals surface area contributed by atoms with Crippen LogP contribution >= 0.6 is 0 Å². The lowest BCUT2D eigenvalue weighted by Crippen LogP contribution is -2.22. The molecule has 2 aromatic rings. The fourth-order valence-electron chi connectivity index (χ4n) is 3.35. The second-order valence-electron chi connectivity index (χ2n) is 8.16. The summed E-state index contributed by atoms with van der Waals surface area (Å²) in [6.07, 6.45) is 2.23. The predicted molar refractivity (Wildman–Crippen MR) is 109 cm³/mol. The zero-order valence-electron chi connectivity index (χ0n) is 17.2. The van der Waals surface area contributed by atoms with E-state index in [0.29, 0.717) is 16.9 Å². The van der Waals surface area contributed by atoms with Gasteiger partial charge < -0.3 is 15.0 Å². The van der Waals surface area contributed by atoms with Crippen LogP contribution in [0.2, 0.25) is 0 Å². The molecule has 150 valence electrons. The van der Waals surface area contributed by atoms with Crippen LogP contribution in [0.15, 0.2) is 24.3 Å². The van der Waals surface area contributed by atoms with Crippen LogP contribution in [0, 0.1) is 0 Å². The van der Waals surface area contributed by atoms with E-state index in [9.17, 15) is 9.59 Å². The fraction of sp³-hybridized carbons (Fsp3) is 0.476. The fourth-order valence-corrected chi connectivity index (χ4v) is 3.35. The van der Waals surface area contributed by atoms with Crippen LogP contribution in [0.4, 0.5) is 11.4 Å². The van der Waals surface area contributed by atoms with Crippen molar-refractivity contribution in [3.63, 3.8) is 0 Å². The SMILES string of the molecule is COC(=O)c1ccc(N2CCCC2)c(NC(=O)c2cc(C(C)(C)C)nn2C)c1. The lowest BCUT2D eigenvalue weighted by atomic mass is 9.92. The van der Waals surface area contributed by atoms with Gasteiger partial charge in [-0.2, -0.15) is 5.10 Å². The summed E-state index contributed by atoms with van der Waals surface area (Å²) in [5, 5.41) is 7.45. The number of rotatable bonds is 4. The van der Waals surface area contributed by atoms with E-state index in [-0.39, 0.29) is 11.3 Å². The van der Waals surface area contributed by atoms with Gasteiger partial charge in [0, 0.05) is 25.6 Å². The number of methoxy groups -OCH3 is 1. The number of aromatic nitrogens is 2. The Morgan fingerprint density at radius 3 is 2.39 bits per heavy atom. The van der Waals surface area contributed by atoms with Crippen molar-refractivity contribution >= 4 is 23.3 Å². The lowest BCUT2D eigenvalue weighted by molar-refractivity contribution is 0.0600. The minimum absolute atomic E-state index is 0.151. The van der Waals surface area contributed by atoms with E-state index in [2.05, 4.69) is 36.1 Å². The first kappa shape index (κ1) is 19.9. The van der Waals surface area contributed by atoms with E-state index in [1.54, 1.807) is 23.9 Å².